The van der Waals surface area contributed by atoms with Gasteiger partial charge >= 0.3 is 5.97 Å². The Morgan fingerprint density at radius 1 is 0.926 bits per heavy atom. The Kier molecular flexibility index (Phi) is 5.23. The summed E-state index contributed by atoms with van der Waals surface area (Å²) in [5.41, 5.74) is 1.38. The minimum atomic E-state index is -0.429. The van der Waals surface area contributed by atoms with Gasteiger partial charge in [0, 0.05) is 32.7 Å². The molecule has 0 unspecified atom stereocenters. The van der Waals surface area contributed by atoms with E-state index >= 15 is 0 Å². The molecule has 27 heavy (non-hydrogen) atoms. The van der Waals surface area contributed by atoms with Crippen LogP contribution in [0.4, 0.5) is 0 Å². The van der Waals surface area contributed by atoms with Gasteiger partial charge in [-0.1, -0.05) is 42.5 Å². The molecule has 4 rings (SSSR count). The molecule has 5 nitrogen and oxygen atoms in total. The number of piperazine rings is 1. The van der Waals surface area contributed by atoms with Crippen LogP contribution in [0.2, 0.25) is 0 Å². The lowest BCUT2D eigenvalue weighted by molar-refractivity contribution is 0.0559. The van der Waals surface area contributed by atoms with E-state index in [0.717, 1.165) is 45.0 Å². The summed E-state index contributed by atoms with van der Waals surface area (Å²) in [4.78, 5) is 16.4. The lowest BCUT2D eigenvalue weighted by Crippen LogP contribution is -2.45. The molecule has 5 heteroatoms. The largest absolute Gasteiger partial charge is 0.463 e. The summed E-state index contributed by atoms with van der Waals surface area (Å²) >= 11 is 0. The van der Waals surface area contributed by atoms with Crippen molar-refractivity contribution in [1.82, 2.24) is 9.80 Å². The zero-order chi connectivity index (χ0) is 18.6. The Bertz CT molecular complexity index is 921. The van der Waals surface area contributed by atoms with E-state index in [-0.39, 0.29) is 5.76 Å². The number of hydrogen-bond donors (Lipinski definition) is 0. The first-order valence-corrected chi connectivity index (χ1v) is 9.31. The van der Waals surface area contributed by atoms with Gasteiger partial charge in [-0.3, -0.25) is 9.80 Å². The molecule has 0 N–H and O–H groups in total. The maximum atomic E-state index is 11.5. The predicted octanol–water partition coefficient (Wildman–Crippen LogP) is 3.54. The van der Waals surface area contributed by atoms with Gasteiger partial charge in [0.15, 0.2) is 0 Å². The predicted molar refractivity (Wildman–Crippen MR) is 105 cm³/mol. The van der Waals surface area contributed by atoms with Crippen LogP contribution in [0.5, 0.6) is 0 Å². The maximum absolute atomic E-state index is 11.5. The van der Waals surface area contributed by atoms with Crippen LogP contribution in [0, 0.1) is 0 Å². The van der Waals surface area contributed by atoms with E-state index in [1.807, 2.05) is 6.07 Å². The van der Waals surface area contributed by atoms with Crippen molar-refractivity contribution in [2.75, 3.05) is 33.3 Å². The van der Waals surface area contributed by atoms with Crippen molar-refractivity contribution in [3.8, 4) is 0 Å². The topological polar surface area (TPSA) is 45.9 Å². The van der Waals surface area contributed by atoms with Gasteiger partial charge in [0.25, 0.3) is 0 Å². The number of nitrogens with zero attached hydrogens (tertiary/aromatic N) is 2. The van der Waals surface area contributed by atoms with Crippen LogP contribution in [0.15, 0.2) is 59.0 Å². The van der Waals surface area contributed by atoms with Crippen molar-refractivity contribution in [3.05, 3.63) is 71.7 Å². The molecule has 2 heterocycles. The van der Waals surface area contributed by atoms with Gasteiger partial charge in [0.2, 0.25) is 5.76 Å². The number of carbonyl (C=O) groups excluding carboxylic acids is 1. The van der Waals surface area contributed by atoms with Gasteiger partial charge < -0.3 is 9.15 Å². The average molecular weight is 364 g/mol. The molecule has 1 aromatic heterocycles. The molecule has 1 aliphatic heterocycles. The molecule has 0 aliphatic carbocycles. The molecule has 0 saturated carbocycles. The fourth-order valence-corrected chi connectivity index (χ4v) is 3.67. The summed E-state index contributed by atoms with van der Waals surface area (Å²) in [7, 11) is 1.36. The second-order valence-electron chi connectivity index (χ2n) is 6.95. The smallest absolute Gasteiger partial charge is 0.373 e. The monoisotopic (exact) mass is 364 g/mol. The van der Waals surface area contributed by atoms with Crippen molar-refractivity contribution in [2.24, 2.45) is 0 Å². The van der Waals surface area contributed by atoms with Crippen molar-refractivity contribution in [2.45, 2.75) is 13.1 Å². The number of rotatable bonds is 5. The van der Waals surface area contributed by atoms with Gasteiger partial charge in [-0.05, 0) is 28.5 Å². The summed E-state index contributed by atoms with van der Waals surface area (Å²) in [6.45, 7) is 5.71. The molecule has 0 atom stereocenters. The minimum absolute atomic E-state index is 0.266. The molecular weight excluding hydrogens is 340 g/mol. The maximum Gasteiger partial charge on any atom is 0.373 e. The van der Waals surface area contributed by atoms with Crippen LogP contribution in [-0.2, 0) is 17.8 Å². The van der Waals surface area contributed by atoms with Gasteiger partial charge in [-0.25, -0.2) is 4.79 Å². The molecule has 0 spiro atoms. The highest BCUT2D eigenvalue weighted by Crippen LogP contribution is 2.21. The van der Waals surface area contributed by atoms with Crippen LogP contribution in [0.25, 0.3) is 10.8 Å². The second-order valence-corrected chi connectivity index (χ2v) is 6.95. The van der Waals surface area contributed by atoms with Crippen molar-refractivity contribution in [3.63, 3.8) is 0 Å². The zero-order valence-corrected chi connectivity index (χ0v) is 15.6. The van der Waals surface area contributed by atoms with E-state index in [9.17, 15) is 4.79 Å². The minimum Gasteiger partial charge on any atom is -0.463 e. The van der Waals surface area contributed by atoms with Crippen LogP contribution < -0.4 is 0 Å². The highest BCUT2D eigenvalue weighted by Gasteiger charge is 2.19. The summed E-state index contributed by atoms with van der Waals surface area (Å²) in [6, 6.07) is 18.6. The average Bonchev–Trinajstić information content (AvgIpc) is 3.18. The van der Waals surface area contributed by atoms with Crippen LogP contribution >= 0.6 is 0 Å². The van der Waals surface area contributed by atoms with E-state index in [1.54, 1.807) is 6.07 Å². The summed E-state index contributed by atoms with van der Waals surface area (Å²) in [6.07, 6.45) is 0. The molecule has 3 aromatic rings. The molecular formula is C22H24N2O3. The van der Waals surface area contributed by atoms with Crippen molar-refractivity contribution < 1.29 is 13.9 Å². The normalized spacial score (nSPS) is 15.9. The molecule has 1 fully saturated rings. The summed E-state index contributed by atoms with van der Waals surface area (Å²) in [5.74, 6) is 0.640. The lowest BCUT2D eigenvalue weighted by Gasteiger charge is -2.34. The summed E-state index contributed by atoms with van der Waals surface area (Å²) in [5, 5.41) is 2.64. The van der Waals surface area contributed by atoms with Gasteiger partial charge in [0.05, 0.1) is 13.7 Å². The van der Waals surface area contributed by atoms with Crippen molar-refractivity contribution >= 4 is 16.7 Å². The molecule has 140 valence electrons. The Labute approximate surface area is 159 Å². The highest BCUT2D eigenvalue weighted by molar-refractivity contribution is 5.86. The third-order valence-corrected chi connectivity index (χ3v) is 5.17. The Morgan fingerprint density at radius 3 is 2.41 bits per heavy atom. The number of fused-ring (bicyclic) bond motifs is 1. The molecule has 0 amide bonds. The molecule has 1 aliphatic rings. The third kappa shape index (κ3) is 4.04. The van der Waals surface area contributed by atoms with E-state index in [0.29, 0.717) is 0 Å². The standard InChI is InChI=1S/C22H24N2O3/c1-26-22(25)21-10-9-19(27-21)16-24-13-11-23(12-14-24)15-18-7-4-6-17-5-2-3-8-20(17)18/h2-10H,11-16H2,1H3. The van der Waals surface area contributed by atoms with E-state index in [4.69, 9.17) is 4.42 Å². The van der Waals surface area contributed by atoms with Gasteiger partial charge in [-0.2, -0.15) is 0 Å². The zero-order valence-electron chi connectivity index (χ0n) is 15.6. The fraction of sp³-hybridized carbons (Fsp3) is 0.318. The van der Waals surface area contributed by atoms with Crippen LogP contribution in [-0.4, -0.2) is 49.1 Å². The second kappa shape index (κ2) is 7.94. The van der Waals surface area contributed by atoms with E-state index in [2.05, 4.69) is 57.0 Å². The Balaban J connectivity index is 1.34. The van der Waals surface area contributed by atoms with Gasteiger partial charge in [-0.15, -0.1) is 0 Å². The number of benzene rings is 2. The number of esters is 1. The van der Waals surface area contributed by atoms with E-state index in [1.165, 1.54) is 23.4 Å². The highest BCUT2D eigenvalue weighted by atomic mass is 16.5. The first-order chi connectivity index (χ1) is 13.2. The number of ether oxygens (including phenoxy) is 1. The Hall–Kier alpha value is -2.63. The van der Waals surface area contributed by atoms with Crippen LogP contribution in [0.1, 0.15) is 21.9 Å². The third-order valence-electron chi connectivity index (χ3n) is 5.17. The van der Waals surface area contributed by atoms with Crippen molar-refractivity contribution in [1.29, 1.82) is 0 Å². The molecule has 2 aromatic carbocycles. The fourth-order valence-electron chi connectivity index (χ4n) is 3.67. The SMILES string of the molecule is COC(=O)c1ccc(CN2CCN(Cc3cccc4ccccc34)CC2)o1. The Morgan fingerprint density at radius 2 is 1.63 bits per heavy atom. The quantitative estimate of drug-likeness (QED) is 0.648. The lowest BCUT2D eigenvalue weighted by atomic mass is 10.0. The van der Waals surface area contributed by atoms with Crippen LogP contribution in [0.3, 0.4) is 0 Å². The number of hydrogen-bond acceptors (Lipinski definition) is 5. The van der Waals surface area contributed by atoms with Gasteiger partial charge in [0.1, 0.15) is 5.76 Å². The molecule has 1 saturated heterocycles. The number of carbonyl (C=O) groups is 1. The summed E-state index contributed by atoms with van der Waals surface area (Å²) < 4.78 is 10.3. The molecule has 0 radical (unpaired) electrons. The number of methoxy groups -OCH3 is 1. The molecule has 0 bridgehead atoms. The number of furan rings is 1. The first kappa shape index (κ1) is 17.8. The van der Waals surface area contributed by atoms with E-state index < -0.39 is 5.97 Å². The first-order valence-electron chi connectivity index (χ1n) is 9.31.